The lowest BCUT2D eigenvalue weighted by Crippen LogP contribution is -2.21. The molecule has 1 atom stereocenters. The molecule has 16 heavy (non-hydrogen) atoms. The maximum atomic E-state index is 5.46. The van der Waals surface area contributed by atoms with Gasteiger partial charge in [0.1, 0.15) is 6.26 Å². The smallest absolute Gasteiger partial charge is 0.297 e. The lowest BCUT2D eigenvalue weighted by molar-refractivity contribution is 0.160. The van der Waals surface area contributed by atoms with E-state index in [0.29, 0.717) is 5.92 Å². The molecule has 2 heterocycles. The van der Waals surface area contributed by atoms with Crippen molar-refractivity contribution < 1.29 is 9.15 Å². The third-order valence-electron chi connectivity index (χ3n) is 2.86. The second-order valence-electron chi connectivity index (χ2n) is 4.21. The Morgan fingerprint density at radius 2 is 2.56 bits per heavy atom. The van der Waals surface area contributed by atoms with Crippen LogP contribution in [0.25, 0.3) is 0 Å². The molecule has 1 fully saturated rings. The van der Waals surface area contributed by atoms with Crippen molar-refractivity contribution in [3.8, 4) is 0 Å². The first kappa shape index (κ1) is 11.4. The molecule has 1 N–H and O–H groups in total. The van der Waals surface area contributed by atoms with Gasteiger partial charge in [-0.1, -0.05) is 0 Å². The highest BCUT2D eigenvalue weighted by Gasteiger charge is 2.25. The van der Waals surface area contributed by atoms with E-state index < -0.39 is 0 Å². The summed E-state index contributed by atoms with van der Waals surface area (Å²) in [5, 5.41) is 3.06. The molecule has 1 aliphatic rings. The van der Waals surface area contributed by atoms with Gasteiger partial charge >= 0.3 is 0 Å². The molecular formula is C11H19N3O2. The second-order valence-corrected chi connectivity index (χ2v) is 4.21. The Bertz CT molecular complexity index is 327. The number of nitrogens with zero attached hydrogens (tertiary/aromatic N) is 2. The van der Waals surface area contributed by atoms with Gasteiger partial charge in [0.15, 0.2) is 0 Å². The van der Waals surface area contributed by atoms with Gasteiger partial charge in [0.25, 0.3) is 6.01 Å². The van der Waals surface area contributed by atoms with E-state index in [-0.39, 0.29) is 0 Å². The van der Waals surface area contributed by atoms with Gasteiger partial charge in [-0.3, -0.25) is 0 Å². The topological polar surface area (TPSA) is 50.5 Å². The van der Waals surface area contributed by atoms with Crippen LogP contribution in [0.2, 0.25) is 0 Å². The van der Waals surface area contributed by atoms with Crippen LogP contribution >= 0.6 is 0 Å². The van der Waals surface area contributed by atoms with Crippen LogP contribution in [0, 0.1) is 5.92 Å². The van der Waals surface area contributed by atoms with E-state index in [0.717, 1.165) is 44.4 Å². The van der Waals surface area contributed by atoms with E-state index in [2.05, 4.69) is 15.2 Å². The van der Waals surface area contributed by atoms with E-state index in [4.69, 9.17) is 9.15 Å². The van der Waals surface area contributed by atoms with Crippen LogP contribution in [0.3, 0.4) is 0 Å². The number of hydrogen-bond acceptors (Lipinski definition) is 5. The van der Waals surface area contributed by atoms with Crippen molar-refractivity contribution in [3.63, 3.8) is 0 Å². The average Bonchev–Trinajstić information content (AvgIpc) is 2.87. The van der Waals surface area contributed by atoms with Gasteiger partial charge in [0.2, 0.25) is 0 Å². The fourth-order valence-corrected chi connectivity index (χ4v) is 2.08. The van der Waals surface area contributed by atoms with Crippen molar-refractivity contribution in [2.45, 2.75) is 13.0 Å². The van der Waals surface area contributed by atoms with Crippen LogP contribution in [0.15, 0.2) is 10.7 Å². The molecule has 1 aromatic rings. The molecule has 0 saturated carbocycles. The van der Waals surface area contributed by atoms with Crippen LogP contribution in [0.5, 0.6) is 0 Å². The summed E-state index contributed by atoms with van der Waals surface area (Å²) in [4.78, 5) is 6.62. The molecule has 5 heteroatoms. The molecule has 0 bridgehead atoms. The van der Waals surface area contributed by atoms with Gasteiger partial charge in [0, 0.05) is 32.7 Å². The summed E-state index contributed by atoms with van der Waals surface area (Å²) in [6.07, 6.45) is 2.87. The molecule has 1 saturated heterocycles. The predicted molar refractivity (Wildman–Crippen MR) is 61.5 cm³/mol. The monoisotopic (exact) mass is 225 g/mol. The first-order valence-corrected chi connectivity index (χ1v) is 5.66. The quantitative estimate of drug-likeness (QED) is 0.805. The Kier molecular flexibility index (Phi) is 3.79. The Labute approximate surface area is 95.8 Å². The van der Waals surface area contributed by atoms with Crippen LogP contribution in [0.1, 0.15) is 12.1 Å². The molecule has 0 radical (unpaired) electrons. The van der Waals surface area contributed by atoms with E-state index >= 15 is 0 Å². The summed E-state index contributed by atoms with van der Waals surface area (Å²) in [5.41, 5.74) is 0.952. The molecule has 0 amide bonds. The highest BCUT2D eigenvalue weighted by Crippen LogP contribution is 2.23. The number of methoxy groups -OCH3 is 1. The fraction of sp³-hybridized carbons (Fsp3) is 0.727. The summed E-state index contributed by atoms with van der Waals surface area (Å²) in [6.45, 7) is 3.56. The zero-order chi connectivity index (χ0) is 11.4. The summed E-state index contributed by atoms with van der Waals surface area (Å²) >= 11 is 0. The van der Waals surface area contributed by atoms with Gasteiger partial charge < -0.3 is 19.4 Å². The lowest BCUT2D eigenvalue weighted by Gasteiger charge is -2.12. The molecular weight excluding hydrogens is 206 g/mol. The summed E-state index contributed by atoms with van der Waals surface area (Å²) < 4.78 is 10.6. The van der Waals surface area contributed by atoms with Crippen molar-refractivity contribution >= 4 is 6.01 Å². The minimum atomic E-state index is 0.602. The van der Waals surface area contributed by atoms with Gasteiger partial charge in [-0.25, -0.2) is 0 Å². The highest BCUT2D eigenvalue weighted by atomic mass is 16.5. The fourth-order valence-electron chi connectivity index (χ4n) is 2.08. The summed E-state index contributed by atoms with van der Waals surface area (Å²) in [6, 6.07) is 0.740. The van der Waals surface area contributed by atoms with Crippen LogP contribution in [-0.4, -0.2) is 38.8 Å². The van der Waals surface area contributed by atoms with Crippen LogP contribution < -0.4 is 10.2 Å². The van der Waals surface area contributed by atoms with E-state index in [9.17, 15) is 0 Å². The minimum Gasteiger partial charge on any atom is -0.432 e. The van der Waals surface area contributed by atoms with Gasteiger partial charge in [-0.05, 0) is 13.5 Å². The zero-order valence-electron chi connectivity index (χ0n) is 9.90. The Morgan fingerprint density at radius 1 is 1.69 bits per heavy atom. The predicted octanol–water partition coefficient (Wildman–Crippen LogP) is 0.867. The SMILES string of the molecule is CNCc1coc(N2CCC(COC)C2)n1. The maximum absolute atomic E-state index is 5.46. The van der Waals surface area contributed by atoms with Crippen molar-refractivity contribution in [3.05, 3.63) is 12.0 Å². The Morgan fingerprint density at radius 3 is 3.31 bits per heavy atom. The number of anilines is 1. The number of ether oxygens (including phenoxy) is 1. The molecule has 2 rings (SSSR count). The van der Waals surface area contributed by atoms with E-state index in [1.807, 2.05) is 7.05 Å². The summed E-state index contributed by atoms with van der Waals surface area (Å²) in [7, 11) is 3.65. The number of aromatic nitrogens is 1. The number of nitrogens with one attached hydrogen (secondary N) is 1. The molecule has 1 aliphatic heterocycles. The van der Waals surface area contributed by atoms with Crippen LogP contribution in [-0.2, 0) is 11.3 Å². The maximum Gasteiger partial charge on any atom is 0.297 e. The van der Waals surface area contributed by atoms with Crippen LogP contribution in [0.4, 0.5) is 6.01 Å². The number of oxazole rings is 1. The third kappa shape index (κ3) is 2.54. The molecule has 1 unspecified atom stereocenters. The largest absolute Gasteiger partial charge is 0.432 e. The van der Waals surface area contributed by atoms with Crippen molar-refractivity contribution in [1.29, 1.82) is 0 Å². The molecule has 0 spiro atoms. The lowest BCUT2D eigenvalue weighted by atomic mass is 10.1. The van der Waals surface area contributed by atoms with E-state index in [1.54, 1.807) is 13.4 Å². The minimum absolute atomic E-state index is 0.602. The second kappa shape index (κ2) is 5.32. The Hall–Kier alpha value is -1.07. The summed E-state index contributed by atoms with van der Waals surface area (Å²) in [5.74, 6) is 0.602. The van der Waals surface area contributed by atoms with Gasteiger partial charge in [0.05, 0.1) is 12.3 Å². The van der Waals surface area contributed by atoms with Crippen molar-refractivity contribution in [1.82, 2.24) is 10.3 Å². The molecule has 1 aromatic heterocycles. The van der Waals surface area contributed by atoms with Crippen molar-refractivity contribution in [2.24, 2.45) is 5.92 Å². The van der Waals surface area contributed by atoms with Gasteiger partial charge in [-0.15, -0.1) is 0 Å². The first-order valence-electron chi connectivity index (χ1n) is 5.66. The molecule has 0 aliphatic carbocycles. The van der Waals surface area contributed by atoms with E-state index in [1.165, 1.54) is 0 Å². The zero-order valence-corrected chi connectivity index (χ0v) is 9.90. The van der Waals surface area contributed by atoms with Crippen molar-refractivity contribution in [2.75, 3.05) is 38.8 Å². The Balaban J connectivity index is 1.92. The highest BCUT2D eigenvalue weighted by molar-refractivity contribution is 5.28. The standard InChI is InChI=1S/C11H19N3O2/c1-12-5-10-8-16-11(13-10)14-4-3-9(6-14)7-15-2/h8-9,12H,3-7H2,1-2H3. The number of rotatable bonds is 5. The molecule has 5 nitrogen and oxygen atoms in total. The molecule has 90 valence electrons. The van der Waals surface area contributed by atoms with Gasteiger partial charge in [-0.2, -0.15) is 4.98 Å². The number of hydrogen-bond donors (Lipinski definition) is 1. The average molecular weight is 225 g/mol. The third-order valence-corrected chi connectivity index (χ3v) is 2.86. The first-order chi connectivity index (χ1) is 7.83. The normalized spacial score (nSPS) is 20.6. The molecule has 0 aromatic carbocycles.